The zero-order valence-corrected chi connectivity index (χ0v) is 10.6. The quantitative estimate of drug-likeness (QED) is 0.642. The second-order valence-corrected chi connectivity index (χ2v) is 4.38. The minimum Gasteiger partial charge on any atom is -0.368 e. The van der Waals surface area contributed by atoms with Crippen LogP contribution < -0.4 is 11.1 Å². The molecule has 1 saturated heterocycles. The van der Waals surface area contributed by atoms with Crippen LogP contribution in [0, 0.1) is 0 Å². The number of unbranched alkanes of at least 4 members (excludes halogenated alkanes) is 1. The first-order valence-corrected chi connectivity index (χ1v) is 6.03. The van der Waals surface area contributed by atoms with E-state index >= 15 is 0 Å². The van der Waals surface area contributed by atoms with Crippen molar-refractivity contribution in [2.75, 3.05) is 26.2 Å². The molecule has 0 saturated carbocycles. The topological polar surface area (TPSA) is 75.4 Å². The number of primary amides is 1. The zero-order valence-electron chi connectivity index (χ0n) is 10.6. The molecule has 17 heavy (non-hydrogen) atoms. The Bertz CT molecular complexity index is 331. The molecule has 0 aromatic carbocycles. The van der Waals surface area contributed by atoms with Gasteiger partial charge in [0, 0.05) is 25.2 Å². The molecule has 0 unspecified atom stereocenters. The summed E-state index contributed by atoms with van der Waals surface area (Å²) in [7, 11) is 0. The van der Waals surface area contributed by atoms with E-state index in [1.54, 1.807) is 4.90 Å². The predicted octanol–water partition coefficient (Wildman–Crippen LogP) is 0.0201. The van der Waals surface area contributed by atoms with E-state index in [0.29, 0.717) is 6.54 Å². The van der Waals surface area contributed by atoms with E-state index in [2.05, 4.69) is 5.32 Å². The van der Waals surface area contributed by atoms with E-state index in [0.717, 1.165) is 37.1 Å². The van der Waals surface area contributed by atoms with Gasteiger partial charge in [-0.15, -0.1) is 0 Å². The summed E-state index contributed by atoms with van der Waals surface area (Å²) in [6.45, 7) is 6.02. The van der Waals surface area contributed by atoms with Gasteiger partial charge >= 0.3 is 0 Å². The molecular formula is C12H21N3O2. The summed E-state index contributed by atoms with van der Waals surface area (Å²) in [5, 5.41) is 3.10. The second kappa shape index (κ2) is 6.39. The molecule has 0 spiro atoms. The van der Waals surface area contributed by atoms with Crippen molar-refractivity contribution in [3.63, 3.8) is 0 Å². The lowest BCUT2D eigenvalue weighted by Crippen LogP contribution is -2.42. The Balaban J connectivity index is 2.67. The van der Waals surface area contributed by atoms with Gasteiger partial charge in [0.15, 0.2) is 0 Å². The second-order valence-electron chi connectivity index (χ2n) is 4.38. The average molecular weight is 239 g/mol. The molecule has 0 aromatic rings. The minimum absolute atomic E-state index is 0.0108. The Morgan fingerprint density at radius 3 is 2.47 bits per heavy atom. The maximum Gasteiger partial charge on any atom is 0.250 e. The molecule has 0 aromatic heterocycles. The van der Waals surface area contributed by atoms with Crippen LogP contribution in [0.15, 0.2) is 11.1 Å². The number of amides is 2. The van der Waals surface area contributed by atoms with Gasteiger partial charge in [0.2, 0.25) is 11.8 Å². The van der Waals surface area contributed by atoms with Crippen LogP contribution in [0.4, 0.5) is 0 Å². The Labute approximate surface area is 102 Å². The third-order valence-corrected chi connectivity index (χ3v) is 2.94. The number of hydrogen-bond donors (Lipinski definition) is 2. The summed E-state index contributed by atoms with van der Waals surface area (Å²) in [6.07, 6.45) is 1.87. The predicted molar refractivity (Wildman–Crippen MR) is 66.3 cm³/mol. The SMILES string of the molecule is CCCCN(CC(N)=O)C(=O)C(C)=C1CNC1. The summed E-state index contributed by atoms with van der Waals surface area (Å²) >= 11 is 0. The fourth-order valence-corrected chi connectivity index (χ4v) is 1.69. The molecule has 0 radical (unpaired) electrons. The fourth-order valence-electron chi connectivity index (χ4n) is 1.69. The van der Waals surface area contributed by atoms with Gasteiger partial charge in [0.1, 0.15) is 0 Å². The van der Waals surface area contributed by atoms with Gasteiger partial charge in [-0.1, -0.05) is 13.3 Å². The van der Waals surface area contributed by atoms with Gasteiger partial charge in [0.25, 0.3) is 0 Å². The lowest BCUT2D eigenvalue weighted by molar-refractivity contribution is -0.132. The summed E-state index contributed by atoms with van der Waals surface area (Å²) in [5.74, 6) is -0.521. The Kier molecular flexibility index (Phi) is 5.15. The van der Waals surface area contributed by atoms with Crippen LogP contribution >= 0.6 is 0 Å². The van der Waals surface area contributed by atoms with Crippen LogP contribution in [-0.2, 0) is 9.59 Å². The molecule has 1 fully saturated rings. The fraction of sp³-hybridized carbons (Fsp3) is 0.667. The Morgan fingerprint density at radius 1 is 1.41 bits per heavy atom. The van der Waals surface area contributed by atoms with Crippen molar-refractivity contribution >= 4 is 11.8 Å². The molecular weight excluding hydrogens is 218 g/mol. The van der Waals surface area contributed by atoms with Crippen LogP contribution in [0.1, 0.15) is 26.7 Å². The highest BCUT2D eigenvalue weighted by atomic mass is 16.2. The number of carbonyl (C=O) groups is 2. The molecule has 3 N–H and O–H groups in total. The number of nitrogens with one attached hydrogen (secondary N) is 1. The minimum atomic E-state index is -0.459. The molecule has 5 heteroatoms. The molecule has 1 aliphatic rings. The molecule has 2 amide bonds. The number of nitrogens with two attached hydrogens (primary N) is 1. The lowest BCUT2D eigenvalue weighted by Gasteiger charge is -2.26. The van der Waals surface area contributed by atoms with Gasteiger partial charge in [-0.3, -0.25) is 9.59 Å². The maximum atomic E-state index is 12.2. The first kappa shape index (κ1) is 13.7. The smallest absolute Gasteiger partial charge is 0.250 e. The van der Waals surface area contributed by atoms with Crippen molar-refractivity contribution in [2.45, 2.75) is 26.7 Å². The maximum absolute atomic E-state index is 12.2. The number of nitrogens with zero attached hydrogens (tertiary/aromatic N) is 1. The monoisotopic (exact) mass is 239 g/mol. The van der Waals surface area contributed by atoms with E-state index in [-0.39, 0.29) is 12.5 Å². The summed E-state index contributed by atoms with van der Waals surface area (Å²) in [4.78, 5) is 24.7. The number of carbonyl (C=O) groups excluding carboxylic acids is 2. The summed E-state index contributed by atoms with van der Waals surface area (Å²) in [5.41, 5.74) is 7.04. The van der Waals surface area contributed by atoms with Crippen molar-refractivity contribution in [1.82, 2.24) is 10.2 Å². The molecule has 96 valence electrons. The van der Waals surface area contributed by atoms with E-state index in [4.69, 9.17) is 5.73 Å². The average Bonchev–Trinajstić information content (AvgIpc) is 2.20. The van der Waals surface area contributed by atoms with Crippen LogP contribution in [-0.4, -0.2) is 42.9 Å². The molecule has 0 bridgehead atoms. The third-order valence-electron chi connectivity index (χ3n) is 2.94. The summed E-state index contributed by atoms with van der Waals surface area (Å²) < 4.78 is 0. The van der Waals surface area contributed by atoms with Gasteiger partial charge in [0.05, 0.1) is 6.54 Å². The van der Waals surface area contributed by atoms with Gasteiger partial charge in [-0.05, 0) is 18.9 Å². The zero-order chi connectivity index (χ0) is 12.8. The third kappa shape index (κ3) is 3.85. The first-order valence-electron chi connectivity index (χ1n) is 6.03. The van der Waals surface area contributed by atoms with Gasteiger partial charge in [-0.2, -0.15) is 0 Å². The summed E-state index contributed by atoms with van der Waals surface area (Å²) in [6, 6.07) is 0. The van der Waals surface area contributed by atoms with Crippen molar-refractivity contribution < 1.29 is 9.59 Å². The Hall–Kier alpha value is -1.36. The van der Waals surface area contributed by atoms with Crippen molar-refractivity contribution in [3.05, 3.63) is 11.1 Å². The standard InChI is InChI=1S/C12H21N3O2/c1-3-4-5-15(8-11(13)16)12(17)9(2)10-6-14-7-10/h14H,3-8H2,1-2H3,(H2,13,16). The number of hydrogen-bond acceptors (Lipinski definition) is 3. The van der Waals surface area contributed by atoms with Gasteiger partial charge in [-0.25, -0.2) is 0 Å². The van der Waals surface area contributed by atoms with Crippen molar-refractivity contribution in [3.8, 4) is 0 Å². The van der Waals surface area contributed by atoms with Crippen LogP contribution in [0.25, 0.3) is 0 Å². The van der Waals surface area contributed by atoms with E-state index in [1.165, 1.54) is 0 Å². The van der Waals surface area contributed by atoms with Crippen molar-refractivity contribution in [1.29, 1.82) is 0 Å². The highest BCUT2D eigenvalue weighted by molar-refractivity contribution is 5.96. The molecule has 0 atom stereocenters. The molecule has 1 heterocycles. The van der Waals surface area contributed by atoms with Crippen LogP contribution in [0.5, 0.6) is 0 Å². The van der Waals surface area contributed by atoms with E-state index in [9.17, 15) is 9.59 Å². The van der Waals surface area contributed by atoms with Gasteiger partial charge < -0.3 is 16.0 Å². The van der Waals surface area contributed by atoms with Crippen LogP contribution in [0.2, 0.25) is 0 Å². The highest BCUT2D eigenvalue weighted by Crippen LogP contribution is 2.12. The van der Waals surface area contributed by atoms with E-state index in [1.807, 2.05) is 13.8 Å². The van der Waals surface area contributed by atoms with E-state index < -0.39 is 5.91 Å². The lowest BCUT2D eigenvalue weighted by atomic mass is 10.0. The molecule has 1 rings (SSSR count). The highest BCUT2D eigenvalue weighted by Gasteiger charge is 2.21. The normalized spacial score (nSPS) is 14.1. The van der Waals surface area contributed by atoms with Crippen LogP contribution in [0.3, 0.4) is 0 Å². The largest absolute Gasteiger partial charge is 0.368 e. The molecule has 0 aliphatic carbocycles. The van der Waals surface area contributed by atoms with Crippen molar-refractivity contribution in [2.24, 2.45) is 5.73 Å². The molecule has 1 aliphatic heterocycles. The first-order chi connectivity index (χ1) is 8.06. The molecule has 5 nitrogen and oxygen atoms in total. The number of rotatable bonds is 6. The Morgan fingerprint density at radius 2 is 2.06 bits per heavy atom.